The predicted octanol–water partition coefficient (Wildman–Crippen LogP) is 1.89. The largest absolute Gasteiger partial charge is 0.464 e. The number of carbonyl (C=O) groups excluding carboxylic acids is 1. The fourth-order valence-corrected chi connectivity index (χ4v) is 2.47. The molecule has 0 N–H and O–H groups in total. The maximum Gasteiger partial charge on any atom is 0.358 e. The van der Waals surface area contributed by atoms with Crippen LogP contribution < -0.4 is 4.90 Å². The normalized spacial score (nSPS) is 19.3. The quantitative estimate of drug-likeness (QED) is 0.766. The number of ether oxygens (including phenoxy) is 1. The van der Waals surface area contributed by atoms with Crippen molar-refractivity contribution in [3.63, 3.8) is 0 Å². The average molecular weight is 249 g/mol. The Morgan fingerprint density at radius 3 is 2.94 bits per heavy atom. The molecule has 0 saturated carbocycles. The molecule has 98 valence electrons. The summed E-state index contributed by atoms with van der Waals surface area (Å²) in [6, 6.07) is 0.479. The first-order valence-corrected chi connectivity index (χ1v) is 6.30. The third-order valence-corrected chi connectivity index (χ3v) is 3.38. The molecule has 1 saturated heterocycles. The van der Waals surface area contributed by atoms with Crippen molar-refractivity contribution in [1.82, 2.24) is 9.97 Å². The Kier molecular flexibility index (Phi) is 3.79. The molecule has 18 heavy (non-hydrogen) atoms. The molecule has 0 radical (unpaired) electrons. The molecule has 0 bridgehead atoms. The molecule has 5 heteroatoms. The minimum atomic E-state index is -0.440. The highest BCUT2D eigenvalue weighted by Gasteiger charge is 2.28. The molecule has 0 aliphatic carbocycles. The Morgan fingerprint density at radius 2 is 2.28 bits per heavy atom. The van der Waals surface area contributed by atoms with Crippen molar-refractivity contribution in [3.8, 4) is 0 Å². The number of hydrogen-bond acceptors (Lipinski definition) is 5. The molecule has 5 nitrogen and oxygen atoms in total. The number of esters is 1. The fourth-order valence-electron chi connectivity index (χ4n) is 2.47. The molecule has 1 aromatic rings. The summed E-state index contributed by atoms with van der Waals surface area (Å²) in [6.45, 7) is 5.39. The summed E-state index contributed by atoms with van der Waals surface area (Å²) in [7, 11) is 1.35. The summed E-state index contributed by atoms with van der Waals surface area (Å²) in [4.78, 5) is 22.1. The van der Waals surface area contributed by atoms with Crippen LogP contribution in [0.15, 0.2) is 12.4 Å². The van der Waals surface area contributed by atoms with E-state index in [1.165, 1.54) is 19.7 Å². The van der Waals surface area contributed by atoms with Gasteiger partial charge in [0.25, 0.3) is 0 Å². The summed E-state index contributed by atoms with van der Waals surface area (Å²) < 4.78 is 4.67. The lowest BCUT2D eigenvalue weighted by Gasteiger charge is -2.28. The zero-order valence-corrected chi connectivity index (χ0v) is 11.1. The first kappa shape index (κ1) is 12.8. The van der Waals surface area contributed by atoms with E-state index in [1.54, 1.807) is 6.20 Å². The number of methoxy groups -OCH3 is 1. The van der Waals surface area contributed by atoms with E-state index in [4.69, 9.17) is 0 Å². The van der Waals surface area contributed by atoms with Crippen LogP contribution in [0.1, 0.15) is 37.2 Å². The Labute approximate surface area is 107 Å². The van der Waals surface area contributed by atoms with Crippen LogP contribution in [0, 0.1) is 5.92 Å². The molecule has 2 heterocycles. The maximum absolute atomic E-state index is 11.5. The minimum absolute atomic E-state index is 0.268. The summed E-state index contributed by atoms with van der Waals surface area (Å²) in [5, 5.41) is 0. The van der Waals surface area contributed by atoms with Gasteiger partial charge in [-0.3, -0.25) is 4.98 Å². The van der Waals surface area contributed by atoms with Crippen LogP contribution >= 0.6 is 0 Å². The molecule has 1 unspecified atom stereocenters. The van der Waals surface area contributed by atoms with Gasteiger partial charge in [-0.25, -0.2) is 9.78 Å². The first-order chi connectivity index (χ1) is 8.63. The van der Waals surface area contributed by atoms with Gasteiger partial charge in [0.2, 0.25) is 0 Å². The third kappa shape index (κ3) is 2.44. The second-order valence-corrected chi connectivity index (χ2v) is 4.90. The van der Waals surface area contributed by atoms with E-state index in [0.717, 1.165) is 18.8 Å². The minimum Gasteiger partial charge on any atom is -0.464 e. The Hall–Kier alpha value is -1.65. The van der Waals surface area contributed by atoms with Crippen LogP contribution in [0.5, 0.6) is 0 Å². The molecular weight excluding hydrogens is 230 g/mol. The number of carbonyl (C=O) groups is 1. The van der Waals surface area contributed by atoms with E-state index in [-0.39, 0.29) is 5.69 Å². The number of anilines is 1. The van der Waals surface area contributed by atoms with E-state index in [0.29, 0.717) is 12.0 Å². The van der Waals surface area contributed by atoms with Gasteiger partial charge < -0.3 is 9.64 Å². The summed E-state index contributed by atoms with van der Waals surface area (Å²) in [5.41, 5.74) is 0.268. The van der Waals surface area contributed by atoms with Crippen molar-refractivity contribution in [2.75, 3.05) is 18.6 Å². The predicted molar refractivity (Wildman–Crippen MR) is 68.6 cm³/mol. The van der Waals surface area contributed by atoms with Gasteiger partial charge in [0.15, 0.2) is 5.69 Å². The molecule has 0 spiro atoms. The molecule has 2 rings (SSSR count). The highest BCUT2D eigenvalue weighted by Crippen LogP contribution is 2.27. The summed E-state index contributed by atoms with van der Waals surface area (Å²) in [6.07, 6.45) is 5.48. The number of hydrogen-bond donors (Lipinski definition) is 0. The monoisotopic (exact) mass is 249 g/mol. The lowest BCUT2D eigenvalue weighted by molar-refractivity contribution is 0.0593. The average Bonchev–Trinajstić information content (AvgIpc) is 2.87. The summed E-state index contributed by atoms with van der Waals surface area (Å²) >= 11 is 0. The molecule has 0 amide bonds. The molecule has 1 aliphatic heterocycles. The lowest BCUT2D eigenvalue weighted by Crippen LogP contribution is -2.34. The zero-order valence-electron chi connectivity index (χ0n) is 11.1. The second kappa shape index (κ2) is 5.33. The van der Waals surface area contributed by atoms with E-state index in [9.17, 15) is 4.79 Å². The van der Waals surface area contributed by atoms with E-state index >= 15 is 0 Å². The maximum atomic E-state index is 11.5. The molecule has 1 atom stereocenters. The zero-order chi connectivity index (χ0) is 13.1. The molecule has 1 aromatic heterocycles. The van der Waals surface area contributed by atoms with Crippen LogP contribution in [-0.2, 0) is 4.74 Å². The Morgan fingerprint density at radius 1 is 1.50 bits per heavy atom. The van der Waals surface area contributed by atoms with Crippen molar-refractivity contribution in [3.05, 3.63) is 18.1 Å². The van der Waals surface area contributed by atoms with Crippen molar-refractivity contribution in [2.45, 2.75) is 32.7 Å². The lowest BCUT2D eigenvalue weighted by atomic mass is 10.0. The molecule has 1 fully saturated rings. The van der Waals surface area contributed by atoms with Gasteiger partial charge >= 0.3 is 5.97 Å². The van der Waals surface area contributed by atoms with Gasteiger partial charge in [-0.05, 0) is 18.8 Å². The highest BCUT2D eigenvalue weighted by molar-refractivity contribution is 5.87. The van der Waals surface area contributed by atoms with Crippen molar-refractivity contribution >= 4 is 11.8 Å². The van der Waals surface area contributed by atoms with Gasteiger partial charge in [-0.2, -0.15) is 0 Å². The van der Waals surface area contributed by atoms with Crippen LogP contribution in [-0.4, -0.2) is 35.6 Å². The standard InChI is InChI=1S/C13H19N3O2/c1-9(2)11-5-4-6-16(11)12-8-14-7-10(15-12)13(17)18-3/h7-9,11H,4-6H2,1-3H3. The molecule has 0 aromatic carbocycles. The van der Waals surface area contributed by atoms with Gasteiger partial charge in [0.1, 0.15) is 5.82 Å². The van der Waals surface area contributed by atoms with Crippen molar-refractivity contribution in [1.29, 1.82) is 0 Å². The Balaban J connectivity index is 2.25. The third-order valence-electron chi connectivity index (χ3n) is 3.38. The fraction of sp³-hybridized carbons (Fsp3) is 0.615. The van der Waals surface area contributed by atoms with Crippen LogP contribution in [0.2, 0.25) is 0 Å². The van der Waals surface area contributed by atoms with Gasteiger partial charge in [0.05, 0.1) is 19.5 Å². The number of aromatic nitrogens is 2. The van der Waals surface area contributed by atoms with Crippen LogP contribution in [0.25, 0.3) is 0 Å². The topological polar surface area (TPSA) is 55.3 Å². The SMILES string of the molecule is COC(=O)c1cncc(N2CCCC2C(C)C)n1. The van der Waals surface area contributed by atoms with Crippen LogP contribution in [0.4, 0.5) is 5.82 Å². The second-order valence-electron chi connectivity index (χ2n) is 4.90. The van der Waals surface area contributed by atoms with Crippen molar-refractivity contribution < 1.29 is 9.53 Å². The molecule has 1 aliphatic rings. The van der Waals surface area contributed by atoms with Crippen molar-refractivity contribution in [2.24, 2.45) is 5.92 Å². The first-order valence-electron chi connectivity index (χ1n) is 6.30. The number of rotatable bonds is 3. The smallest absolute Gasteiger partial charge is 0.358 e. The van der Waals surface area contributed by atoms with Gasteiger partial charge in [-0.15, -0.1) is 0 Å². The number of nitrogens with zero attached hydrogens (tertiary/aromatic N) is 3. The van der Waals surface area contributed by atoms with Gasteiger partial charge in [0, 0.05) is 12.6 Å². The van der Waals surface area contributed by atoms with E-state index in [1.807, 2.05) is 0 Å². The molecular formula is C13H19N3O2. The summed E-state index contributed by atoms with van der Waals surface area (Å²) in [5.74, 6) is 0.898. The highest BCUT2D eigenvalue weighted by atomic mass is 16.5. The van der Waals surface area contributed by atoms with E-state index in [2.05, 4.69) is 33.5 Å². The van der Waals surface area contributed by atoms with E-state index < -0.39 is 5.97 Å². The Bertz CT molecular complexity index is 434. The van der Waals surface area contributed by atoms with Crippen LogP contribution in [0.3, 0.4) is 0 Å². The van der Waals surface area contributed by atoms with Gasteiger partial charge in [-0.1, -0.05) is 13.8 Å².